The van der Waals surface area contributed by atoms with Gasteiger partial charge < -0.3 is 15.2 Å². The fourth-order valence-electron chi connectivity index (χ4n) is 2.12. The third-order valence-corrected chi connectivity index (χ3v) is 3.26. The molecule has 1 aliphatic heterocycles. The lowest BCUT2D eigenvalue weighted by Gasteiger charge is -2.12. The van der Waals surface area contributed by atoms with E-state index >= 15 is 0 Å². The summed E-state index contributed by atoms with van der Waals surface area (Å²) in [5, 5.41) is 22.1. The molecule has 0 aromatic heterocycles. The first-order chi connectivity index (χ1) is 9.88. The Kier molecular flexibility index (Phi) is 4.18. The summed E-state index contributed by atoms with van der Waals surface area (Å²) >= 11 is 0. The van der Waals surface area contributed by atoms with Crippen LogP contribution < -0.4 is 5.32 Å². The molecular formula is C13H14N2O6. The van der Waals surface area contributed by atoms with Crippen LogP contribution in [0.25, 0.3) is 0 Å². The number of carboxylic acid groups (broad SMARTS) is 1. The van der Waals surface area contributed by atoms with Crippen molar-refractivity contribution in [2.75, 3.05) is 5.32 Å². The lowest BCUT2D eigenvalue weighted by molar-refractivity contribution is -0.385. The zero-order valence-electron chi connectivity index (χ0n) is 11.2. The number of hydrogen-bond acceptors (Lipinski definition) is 5. The van der Waals surface area contributed by atoms with E-state index in [4.69, 9.17) is 9.84 Å². The predicted molar refractivity (Wildman–Crippen MR) is 72.0 cm³/mol. The van der Waals surface area contributed by atoms with Gasteiger partial charge in [0, 0.05) is 17.3 Å². The predicted octanol–water partition coefficient (Wildman–Crippen LogP) is 1.47. The quantitative estimate of drug-likeness (QED) is 0.641. The molecule has 8 heteroatoms. The number of hydrogen-bond donors (Lipinski definition) is 2. The van der Waals surface area contributed by atoms with Crippen molar-refractivity contribution in [3.63, 3.8) is 0 Å². The van der Waals surface area contributed by atoms with E-state index in [0.29, 0.717) is 12.0 Å². The van der Waals surface area contributed by atoms with Crippen LogP contribution in [0.4, 0.5) is 11.4 Å². The van der Waals surface area contributed by atoms with E-state index in [1.807, 2.05) is 0 Å². The summed E-state index contributed by atoms with van der Waals surface area (Å²) in [5.74, 6) is -1.60. The van der Waals surface area contributed by atoms with Gasteiger partial charge in [0.1, 0.15) is 6.10 Å². The maximum Gasteiger partial charge on any atom is 0.332 e. The molecule has 2 rings (SSSR count). The van der Waals surface area contributed by atoms with Crippen molar-refractivity contribution in [1.82, 2.24) is 0 Å². The number of nitrogens with one attached hydrogen (secondary N) is 1. The SMILES string of the molecule is Cc1ccc(NC(=O)[C@@H]2CC[C@H](C(=O)O)O2)cc1[N+](=O)[O-]. The highest BCUT2D eigenvalue weighted by molar-refractivity contribution is 5.95. The summed E-state index contributed by atoms with van der Waals surface area (Å²) < 4.78 is 5.11. The Bertz CT molecular complexity index is 600. The molecule has 0 aliphatic carbocycles. The number of amides is 1. The Labute approximate surface area is 119 Å². The van der Waals surface area contributed by atoms with Crippen LogP contribution in [0.1, 0.15) is 18.4 Å². The van der Waals surface area contributed by atoms with Crippen LogP contribution in [0.15, 0.2) is 18.2 Å². The maximum atomic E-state index is 12.0. The molecule has 2 atom stereocenters. The van der Waals surface area contributed by atoms with Crippen molar-refractivity contribution in [2.45, 2.75) is 32.0 Å². The number of carboxylic acids is 1. The lowest BCUT2D eigenvalue weighted by Crippen LogP contribution is -2.29. The average molecular weight is 294 g/mol. The molecule has 0 radical (unpaired) electrons. The molecule has 8 nitrogen and oxygen atoms in total. The molecular weight excluding hydrogens is 280 g/mol. The van der Waals surface area contributed by atoms with Crippen molar-refractivity contribution in [3.8, 4) is 0 Å². The Balaban J connectivity index is 2.05. The van der Waals surface area contributed by atoms with Gasteiger partial charge in [-0.2, -0.15) is 0 Å². The third kappa shape index (κ3) is 3.34. The first-order valence-electron chi connectivity index (χ1n) is 6.32. The van der Waals surface area contributed by atoms with Gasteiger partial charge in [-0.3, -0.25) is 14.9 Å². The molecule has 1 amide bonds. The minimum absolute atomic E-state index is 0.0939. The smallest absolute Gasteiger partial charge is 0.332 e. The molecule has 1 heterocycles. The summed E-state index contributed by atoms with van der Waals surface area (Å²) in [6, 6.07) is 4.34. The van der Waals surface area contributed by atoms with Crippen molar-refractivity contribution < 1.29 is 24.4 Å². The van der Waals surface area contributed by atoms with Gasteiger partial charge in [0.2, 0.25) is 0 Å². The first-order valence-corrected chi connectivity index (χ1v) is 6.32. The van der Waals surface area contributed by atoms with Crippen molar-refractivity contribution >= 4 is 23.3 Å². The Morgan fingerprint density at radius 2 is 2.05 bits per heavy atom. The molecule has 0 unspecified atom stereocenters. The van der Waals surface area contributed by atoms with Crippen LogP contribution in [0.3, 0.4) is 0 Å². The highest BCUT2D eigenvalue weighted by Crippen LogP contribution is 2.24. The second-order valence-corrected chi connectivity index (χ2v) is 4.78. The van der Waals surface area contributed by atoms with Gasteiger partial charge in [-0.1, -0.05) is 6.07 Å². The van der Waals surface area contributed by atoms with E-state index in [1.54, 1.807) is 13.0 Å². The van der Waals surface area contributed by atoms with Gasteiger partial charge in [-0.25, -0.2) is 4.79 Å². The van der Waals surface area contributed by atoms with Crippen molar-refractivity contribution in [3.05, 3.63) is 33.9 Å². The number of carbonyl (C=O) groups is 2. The van der Waals surface area contributed by atoms with Crippen LogP contribution >= 0.6 is 0 Å². The number of nitro groups is 1. The van der Waals surface area contributed by atoms with Crippen LogP contribution in [0, 0.1) is 17.0 Å². The highest BCUT2D eigenvalue weighted by Gasteiger charge is 2.34. The number of rotatable bonds is 4. The van der Waals surface area contributed by atoms with Crippen LogP contribution in [-0.4, -0.2) is 34.1 Å². The lowest BCUT2D eigenvalue weighted by atomic mass is 10.1. The fourth-order valence-corrected chi connectivity index (χ4v) is 2.12. The average Bonchev–Trinajstić information content (AvgIpc) is 2.90. The summed E-state index contributed by atoms with van der Waals surface area (Å²) in [7, 11) is 0. The summed E-state index contributed by atoms with van der Waals surface area (Å²) in [6.45, 7) is 1.60. The Morgan fingerprint density at radius 3 is 2.62 bits per heavy atom. The van der Waals surface area contributed by atoms with Gasteiger partial charge in [0.25, 0.3) is 11.6 Å². The molecule has 0 spiro atoms. The first kappa shape index (κ1) is 14.9. The molecule has 21 heavy (non-hydrogen) atoms. The number of nitro benzene ring substituents is 1. The van der Waals surface area contributed by atoms with E-state index in [0.717, 1.165) is 0 Å². The Hall–Kier alpha value is -2.48. The van der Waals surface area contributed by atoms with Crippen LogP contribution in [0.5, 0.6) is 0 Å². The standard InChI is InChI=1S/C13H14N2O6/c1-7-2-3-8(6-9(7)15(19)20)14-12(16)10-4-5-11(21-10)13(17)18/h2-3,6,10-11H,4-5H2,1H3,(H,14,16)(H,17,18)/t10-,11+/m0/s1. The van der Waals surface area contributed by atoms with Crippen LogP contribution in [-0.2, 0) is 14.3 Å². The molecule has 2 N–H and O–H groups in total. The van der Waals surface area contributed by atoms with Gasteiger partial charge in [0.15, 0.2) is 6.10 Å². The summed E-state index contributed by atoms with van der Waals surface area (Å²) in [4.78, 5) is 33.0. The topological polar surface area (TPSA) is 119 Å². The van der Waals surface area contributed by atoms with Crippen molar-refractivity contribution in [1.29, 1.82) is 0 Å². The normalized spacial score (nSPS) is 21.0. The van der Waals surface area contributed by atoms with E-state index < -0.39 is 29.0 Å². The summed E-state index contributed by atoms with van der Waals surface area (Å²) in [6.07, 6.45) is -1.27. The zero-order chi connectivity index (χ0) is 15.6. The zero-order valence-corrected chi connectivity index (χ0v) is 11.2. The Morgan fingerprint density at radius 1 is 1.38 bits per heavy atom. The number of ether oxygens (including phenoxy) is 1. The highest BCUT2D eigenvalue weighted by atomic mass is 16.6. The van der Waals surface area contributed by atoms with E-state index in [1.165, 1.54) is 12.1 Å². The third-order valence-electron chi connectivity index (χ3n) is 3.26. The molecule has 1 aliphatic rings. The molecule has 0 bridgehead atoms. The largest absolute Gasteiger partial charge is 0.479 e. The molecule has 1 aromatic rings. The van der Waals surface area contributed by atoms with E-state index in [-0.39, 0.29) is 17.8 Å². The minimum atomic E-state index is -1.10. The number of benzene rings is 1. The number of aryl methyl sites for hydroxylation is 1. The van der Waals surface area contributed by atoms with Crippen molar-refractivity contribution in [2.24, 2.45) is 0 Å². The van der Waals surface area contributed by atoms with Crippen LogP contribution in [0.2, 0.25) is 0 Å². The van der Waals surface area contributed by atoms with Gasteiger partial charge in [0.05, 0.1) is 4.92 Å². The number of anilines is 1. The molecule has 1 fully saturated rings. The van der Waals surface area contributed by atoms with Gasteiger partial charge in [-0.15, -0.1) is 0 Å². The van der Waals surface area contributed by atoms with Gasteiger partial charge in [-0.05, 0) is 25.8 Å². The van der Waals surface area contributed by atoms with E-state index in [2.05, 4.69) is 5.32 Å². The second-order valence-electron chi connectivity index (χ2n) is 4.78. The molecule has 0 saturated carbocycles. The molecule has 1 aromatic carbocycles. The van der Waals surface area contributed by atoms with E-state index in [9.17, 15) is 19.7 Å². The number of nitrogens with zero attached hydrogens (tertiary/aromatic N) is 1. The van der Waals surface area contributed by atoms with Gasteiger partial charge >= 0.3 is 5.97 Å². The maximum absolute atomic E-state index is 12.0. The number of aliphatic carboxylic acids is 1. The number of carbonyl (C=O) groups excluding carboxylic acids is 1. The summed E-state index contributed by atoms with van der Waals surface area (Å²) in [5.41, 5.74) is 0.671. The molecule has 112 valence electrons. The fraction of sp³-hybridized carbons (Fsp3) is 0.385. The molecule has 1 saturated heterocycles. The second kappa shape index (κ2) is 5.88. The monoisotopic (exact) mass is 294 g/mol. The minimum Gasteiger partial charge on any atom is -0.479 e.